The van der Waals surface area contributed by atoms with Gasteiger partial charge in [-0.15, -0.1) is 0 Å². The number of nitrogens with zero attached hydrogens (tertiary/aromatic N) is 7. The summed E-state index contributed by atoms with van der Waals surface area (Å²) in [5.41, 5.74) is 14.8. The zero-order valence-corrected chi connectivity index (χ0v) is 47.6. The smallest absolute Gasteiger partial charge is 0.356 e. The fourth-order valence-electron chi connectivity index (χ4n) is 10.9. The Labute approximate surface area is 448 Å². The normalized spacial score (nSPS) is 21.7. The molecule has 404 valence electrons. The number of carboxylic acids is 1. The number of anilines is 2. The number of fused-ring (bicyclic) bond motifs is 2. The van der Waals surface area contributed by atoms with E-state index >= 15 is 0 Å². The summed E-state index contributed by atoms with van der Waals surface area (Å²) in [4.78, 5) is 24.4. The first-order valence-electron chi connectivity index (χ1n) is 26.6. The fraction of sp³-hybridized carbons (Fsp3) is 0.536. The first-order chi connectivity index (χ1) is 35.7. The van der Waals surface area contributed by atoms with E-state index < -0.39 is 35.6 Å². The van der Waals surface area contributed by atoms with Crippen LogP contribution in [0.25, 0.3) is 0 Å². The molecule has 5 N–H and O–H groups in total. The highest BCUT2D eigenvalue weighted by atomic mass is 32.2. The molecule has 2 aromatic carbocycles. The summed E-state index contributed by atoms with van der Waals surface area (Å²) in [5.74, 6) is 2.76. The molecule has 10 rings (SSSR count). The van der Waals surface area contributed by atoms with Crippen LogP contribution in [0.15, 0.2) is 85.5 Å². The van der Waals surface area contributed by atoms with Gasteiger partial charge in [-0.05, 0) is 104 Å². The number of nitrogens with one attached hydrogen (secondary N) is 2. The summed E-state index contributed by atoms with van der Waals surface area (Å²) in [6.45, 7) is 17.0. The summed E-state index contributed by atoms with van der Waals surface area (Å²) in [6.07, 6.45) is 16.4. The number of carbonyl (C=O) groups excluding carboxylic acids is 1. The highest BCUT2D eigenvalue weighted by Gasteiger charge is 2.35. The lowest BCUT2D eigenvalue weighted by Gasteiger charge is -2.30. The molecule has 0 bridgehead atoms. The van der Waals surface area contributed by atoms with Gasteiger partial charge in [0.25, 0.3) is 5.91 Å². The van der Waals surface area contributed by atoms with Crippen molar-refractivity contribution in [1.29, 1.82) is 0 Å². The predicted octanol–water partition coefficient (Wildman–Crippen LogP) is 9.74. The second kappa shape index (κ2) is 24.2. The molecule has 2 saturated heterocycles. The number of carboxylic acid groups (broad SMARTS) is 1. The predicted molar refractivity (Wildman–Crippen MR) is 301 cm³/mol. The molecule has 0 saturated carbocycles. The van der Waals surface area contributed by atoms with Crippen LogP contribution in [0.3, 0.4) is 0 Å². The van der Waals surface area contributed by atoms with Crippen molar-refractivity contribution in [3.8, 4) is 0 Å². The molecule has 2 atom stereocenters. The number of nitrogen functional groups attached to an aromatic ring is 1. The van der Waals surface area contributed by atoms with Gasteiger partial charge in [0.05, 0.1) is 35.9 Å². The molecule has 2 unspecified atom stereocenters. The van der Waals surface area contributed by atoms with Crippen molar-refractivity contribution in [1.82, 2.24) is 39.5 Å². The first kappa shape index (κ1) is 55.7. The Hall–Kier alpha value is -5.50. The second-order valence-electron chi connectivity index (χ2n) is 23.6. The lowest BCUT2D eigenvalue weighted by molar-refractivity contribution is 0.0667. The minimum Gasteiger partial charge on any atom is -0.476 e. The van der Waals surface area contributed by atoms with Crippen molar-refractivity contribution in [2.45, 2.75) is 136 Å². The number of nitrogens with two attached hydrogens (primary N) is 1. The van der Waals surface area contributed by atoms with Crippen LogP contribution in [0.4, 0.5) is 11.4 Å². The van der Waals surface area contributed by atoms with Gasteiger partial charge in [0.2, 0.25) is 0 Å². The SMILES string of the molecule is CC1(C)CCc2c(C(=O)Nc3cnn(C(c4ccccc4)C4CCS(=O)CC4)c3)n[nH]c2C1.CC1(C)CCc2c(C(=O)O)nn(COCC[Si](C)(C)C)c2C1.Nc1cnn(C(c2ccccc2)C2CCS(=O)CC2)c1. The lowest BCUT2D eigenvalue weighted by Crippen LogP contribution is -2.28. The van der Waals surface area contributed by atoms with Crippen LogP contribution in [0.2, 0.25) is 25.7 Å². The van der Waals surface area contributed by atoms with E-state index in [0.717, 1.165) is 122 Å². The van der Waals surface area contributed by atoms with Gasteiger partial charge in [-0.2, -0.15) is 20.4 Å². The summed E-state index contributed by atoms with van der Waals surface area (Å²) in [7, 11) is -2.46. The fourth-order valence-corrected chi connectivity index (χ4v) is 14.4. The monoisotopic (exact) mass is 1080 g/mol. The van der Waals surface area contributed by atoms with E-state index in [2.05, 4.69) is 115 Å². The minimum atomic E-state index is -1.11. The Morgan fingerprint density at radius 1 is 0.787 bits per heavy atom. The van der Waals surface area contributed by atoms with E-state index in [1.54, 1.807) is 17.1 Å². The maximum absolute atomic E-state index is 13.0. The third kappa shape index (κ3) is 14.7. The average Bonchev–Trinajstić information content (AvgIpc) is 4.19. The van der Waals surface area contributed by atoms with Gasteiger partial charge in [0.15, 0.2) is 11.4 Å². The topological polar surface area (TPSA) is 218 Å². The maximum atomic E-state index is 13.0. The van der Waals surface area contributed by atoms with Crippen molar-refractivity contribution in [2.24, 2.45) is 22.7 Å². The zero-order chi connectivity index (χ0) is 53.5. The summed E-state index contributed by atoms with van der Waals surface area (Å²) < 4.78 is 34.9. The molecule has 4 aromatic heterocycles. The number of amides is 1. The van der Waals surface area contributed by atoms with E-state index in [0.29, 0.717) is 35.6 Å². The Balaban J connectivity index is 0.000000156. The van der Waals surface area contributed by atoms with Gasteiger partial charge < -0.3 is 20.9 Å². The number of hydrogen-bond acceptors (Lipinski definition) is 10. The lowest BCUT2D eigenvalue weighted by atomic mass is 9.76. The largest absolute Gasteiger partial charge is 0.476 e. The van der Waals surface area contributed by atoms with Crippen LogP contribution >= 0.6 is 0 Å². The molecule has 6 heterocycles. The van der Waals surface area contributed by atoms with Crippen molar-refractivity contribution >= 4 is 52.9 Å². The summed E-state index contributed by atoms with van der Waals surface area (Å²) in [6, 6.07) is 22.1. The maximum Gasteiger partial charge on any atom is 0.356 e. The van der Waals surface area contributed by atoms with Gasteiger partial charge >= 0.3 is 5.97 Å². The number of carbonyl (C=O) groups is 2. The van der Waals surface area contributed by atoms with Gasteiger partial charge in [-0.1, -0.05) is 108 Å². The van der Waals surface area contributed by atoms with Crippen molar-refractivity contribution in [3.63, 3.8) is 0 Å². The molecule has 0 radical (unpaired) electrons. The minimum absolute atomic E-state index is 0.0505. The van der Waals surface area contributed by atoms with Crippen LogP contribution in [0.1, 0.15) is 133 Å². The molecular formula is C56H78N10O6S2Si. The molecule has 1 amide bonds. The molecule has 2 aliphatic carbocycles. The second-order valence-corrected chi connectivity index (χ2v) is 32.7. The van der Waals surface area contributed by atoms with Crippen molar-refractivity contribution in [3.05, 3.63) is 130 Å². The van der Waals surface area contributed by atoms with Crippen LogP contribution in [-0.4, -0.2) is 103 Å². The number of rotatable bonds is 14. The Morgan fingerprint density at radius 2 is 1.32 bits per heavy atom. The molecule has 4 aliphatic rings. The molecule has 2 aliphatic heterocycles. The quantitative estimate of drug-likeness (QED) is 0.0594. The molecule has 75 heavy (non-hydrogen) atoms. The van der Waals surface area contributed by atoms with Crippen LogP contribution in [-0.2, 0) is 58.8 Å². The number of H-pyrrole nitrogens is 1. The zero-order valence-electron chi connectivity index (χ0n) is 44.9. The number of aromatic carboxylic acids is 1. The summed E-state index contributed by atoms with van der Waals surface area (Å²) >= 11 is 0. The highest BCUT2D eigenvalue weighted by molar-refractivity contribution is 7.85. The number of benzene rings is 2. The number of hydrogen-bond donors (Lipinski definition) is 4. The van der Waals surface area contributed by atoms with Gasteiger partial charge in [-0.3, -0.25) is 27.7 Å². The van der Waals surface area contributed by atoms with E-state index in [1.165, 1.54) is 11.1 Å². The van der Waals surface area contributed by atoms with E-state index in [9.17, 15) is 23.1 Å². The highest BCUT2D eigenvalue weighted by Crippen LogP contribution is 2.39. The first-order valence-corrected chi connectivity index (χ1v) is 33.3. The van der Waals surface area contributed by atoms with E-state index in [1.807, 2.05) is 46.0 Å². The average molecular weight is 1080 g/mol. The van der Waals surface area contributed by atoms with E-state index in [4.69, 9.17) is 10.5 Å². The molecule has 16 nitrogen and oxygen atoms in total. The van der Waals surface area contributed by atoms with Gasteiger partial charge in [0, 0.05) is 94.2 Å². The van der Waals surface area contributed by atoms with Crippen LogP contribution in [0.5, 0.6) is 0 Å². The molecule has 6 aromatic rings. The third-order valence-corrected chi connectivity index (χ3v) is 19.7. The van der Waals surface area contributed by atoms with Crippen molar-refractivity contribution in [2.75, 3.05) is 40.7 Å². The van der Waals surface area contributed by atoms with Crippen LogP contribution in [0, 0.1) is 22.7 Å². The molecule has 19 heteroatoms. The Bertz CT molecular complexity index is 2900. The van der Waals surface area contributed by atoms with E-state index in [-0.39, 0.29) is 34.5 Å². The van der Waals surface area contributed by atoms with Crippen LogP contribution < -0.4 is 11.1 Å². The third-order valence-electron chi connectivity index (χ3n) is 15.2. The van der Waals surface area contributed by atoms with Gasteiger partial charge in [-0.25, -0.2) is 9.48 Å². The number of aromatic amines is 1. The molecule has 2 fully saturated rings. The Morgan fingerprint density at radius 3 is 1.85 bits per heavy atom. The number of aromatic nitrogens is 8. The van der Waals surface area contributed by atoms with Crippen molar-refractivity contribution < 1.29 is 27.9 Å². The Kier molecular flexibility index (Phi) is 18.0. The summed E-state index contributed by atoms with van der Waals surface area (Å²) in [5, 5.41) is 33.1. The molecular weight excluding hydrogens is 1000 g/mol. The van der Waals surface area contributed by atoms with Gasteiger partial charge in [0.1, 0.15) is 6.73 Å². The number of ether oxygens (including phenoxy) is 1. The molecule has 0 spiro atoms. The standard InChI is InChI=1S/C25H31N5O2S.C16H28N2O3Si.C15H19N3OS/c1-25(2)11-8-20-21(14-25)28-29-22(20)24(31)27-19-15-26-30(16-19)23(17-6-4-3-5-7-17)18-9-12-33(32)13-10-18;1-16(2)7-6-12-13(10-16)18(17-14(12)15(19)20)11-21-8-9-22(3,4)5;16-14-10-17-18(11-14)15(12-4-2-1-3-5-12)13-6-8-20(19)9-7-13/h3-7,15-16,18,23H,8-14H2,1-2H3,(H,27,31)(H,28,29);6-11H2,1-5H3,(H,19,20);1-5,10-11,13,15H,6-9,16H2.